The Morgan fingerprint density at radius 2 is 1.96 bits per heavy atom. The van der Waals surface area contributed by atoms with Gasteiger partial charge in [0.05, 0.1) is 24.9 Å². The van der Waals surface area contributed by atoms with Crippen LogP contribution in [0.3, 0.4) is 0 Å². The number of carbonyl (C=O) groups excluding carboxylic acids is 3. The first-order chi connectivity index (χ1) is 11.5. The zero-order valence-electron chi connectivity index (χ0n) is 13.7. The van der Waals surface area contributed by atoms with E-state index in [1.807, 2.05) is 6.92 Å². The average Bonchev–Trinajstić information content (AvgIpc) is 2.60. The van der Waals surface area contributed by atoms with Crippen LogP contribution in [0, 0.1) is 12.8 Å². The molecule has 2 heterocycles. The predicted octanol–water partition coefficient (Wildman–Crippen LogP) is -0.292. The molecule has 0 aliphatic carbocycles. The number of piperidine rings is 1. The Labute approximate surface area is 139 Å². The smallest absolute Gasteiger partial charge is 0.323 e. The Morgan fingerprint density at radius 3 is 2.50 bits per heavy atom. The van der Waals surface area contributed by atoms with Gasteiger partial charge in [0.2, 0.25) is 0 Å². The van der Waals surface area contributed by atoms with Crippen molar-refractivity contribution in [2.45, 2.75) is 19.8 Å². The first-order valence-electron chi connectivity index (χ1n) is 7.57. The second-order valence-electron chi connectivity index (χ2n) is 5.58. The number of aryl methyl sites for hydroxylation is 1. The highest BCUT2D eigenvalue weighted by Crippen LogP contribution is 2.26. The normalized spacial score (nSPS) is 14.9. The summed E-state index contributed by atoms with van der Waals surface area (Å²) in [7, 11) is 1.40. The van der Waals surface area contributed by atoms with Gasteiger partial charge in [-0.05, 0) is 31.4 Å². The largest absolute Gasteiger partial charge is 0.469 e. The summed E-state index contributed by atoms with van der Waals surface area (Å²) in [6.45, 7) is 3.27. The zero-order valence-corrected chi connectivity index (χ0v) is 13.7. The molecule has 1 aliphatic heterocycles. The minimum Gasteiger partial charge on any atom is -0.469 e. The molecule has 1 aliphatic rings. The third-order valence-corrected chi connectivity index (χ3v) is 3.97. The third kappa shape index (κ3) is 3.99. The lowest BCUT2D eigenvalue weighted by molar-refractivity contribution is -0.146. The molecule has 1 saturated heterocycles. The van der Waals surface area contributed by atoms with Crippen LogP contribution in [0.25, 0.3) is 0 Å². The number of nitrogens with one attached hydrogen (secondary N) is 2. The summed E-state index contributed by atoms with van der Waals surface area (Å²) in [5.74, 6) is 3.67. The molecule has 9 heteroatoms. The monoisotopic (exact) mass is 335 g/mol. The SMILES string of the molecule is COC(=O)C1CCN(c2ncc(NC(=O)C(=O)NN)cc2C)CC1. The van der Waals surface area contributed by atoms with Gasteiger partial charge < -0.3 is 15.0 Å². The van der Waals surface area contributed by atoms with Gasteiger partial charge in [-0.2, -0.15) is 0 Å². The van der Waals surface area contributed by atoms with Crippen LogP contribution in [-0.4, -0.2) is 43.0 Å². The van der Waals surface area contributed by atoms with Crippen LogP contribution >= 0.6 is 0 Å². The van der Waals surface area contributed by atoms with E-state index in [-0.39, 0.29) is 11.9 Å². The van der Waals surface area contributed by atoms with Crippen molar-refractivity contribution in [1.29, 1.82) is 0 Å². The summed E-state index contributed by atoms with van der Waals surface area (Å²) in [6.07, 6.45) is 2.91. The molecule has 0 radical (unpaired) electrons. The van der Waals surface area contributed by atoms with E-state index in [2.05, 4.69) is 15.2 Å². The Balaban J connectivity index is 2.02. The van der Waals surface area contributed by atoms with Gasteiger partial charge in [0.1, 0.15) is 5.82 Å². The molecule has 130 valence electrons. The topological polar surface area (TPSA) is 127 Å². The highest BCUT2D eigenvalue weighted by atomic mass is 16.5. The van der Waals surface area contributed by atoms with E-state index >= 15 is 0 Å². The Kier molecular flexibility index (Phi) is 5.69. The van der Waals surface area contributed by atoms with E-state index in [1.54, 1.807) is 11.5 Å². The van der Waals surface area contributed by atoms with Crippen LogP contribution < -0.4 is 21.5 Å². The molecule has 2 rings (SSSR count). The van der Waals surface area contributed by atoms with Crippen LogP contribution in [0.2, 0.25) is 0 Å². The van der Waals surface area contributed by atoms with Gasteiger partial charge in [-0.15, -0.1) is 0 Å². The number of rotatable bonds is 3. The molecule has 0 bridgehead atoms. The average molecular weight is 335 g/mol. The molecule has 1 fully saturated rings. The fraction of sp³-hybridized carbons (Fsp3) is 0.467. The summed E-state index contributed by atoms with van der Waals surface area (Å²) in [6, 6.07) is 1.73. The van der Waals surface area contributed by atoms with Gasteiger partial charge in [0.15, 0.2) is 0 Å². The first-order valence-corrected chi connectivity index (χ1v) is 7.57. The lowest BCUT2D eigenvalue weighted by atomic mass is 9.97. The minimum absolute atomic E-state index is 0.0695. The minimum atomic E-state index is -0.929. The van der Waals surface area contributed by atoms with E-state index in [0.29, 0.717) is 31.6 Å². The molecule has 0 aromatic carbocycles. The van der Waals surface area contributed by atoms with Crippen LogP contribution in [0.1, 0.15) is 18.4 Å². The van der Waals surface area contributed by atoms with Crippen molar-refractivity contribution in [1.82, 2.24) is 10.4 Å². The van der Waals surface area contributed by atoms with Crippen molar-refractivity contribution < 1.29 is 19.1 Å². The Morgan fingerprint density at radius 1 is 1.29 bits per heavy atom. The van der Waals surface area contributed by atoms with Gasteiger partial charge >= 0.3 is 17.8 Å². The molecule has 9 nitrogen and oxygen atoms in total. The molecular weight excluding hydrogens is 314 g/mol. The summed E-state index contributed by atoms with van der Waals surface area (Å²) in [5.41, 5.74) is 3.03. The Bertz CT molecular complexity index is 641. The highest BCUT2D eigenvalue weighted by Gasteiger charge is 2.26. The van der Waals surface area contributed by atoms with Crippen LogP contribution in [0.4, 0.5) is 11.5 Å². The van der Waals surface area contributed by atoms with Gasteiger partial charge in [-0.1, -0.05) is 0 Å². The van der Waals surface area contributed by atoms with Crippen molar-refractivity contribution in [2.24, 2.45) is 11.8 Å². The number of methoxy groups -OCH3 is 1. The number of nitrogens with two attached hydrogens (primary N) is 1. The number of anilines is 2. The second-order valence-corrected chi connectivity index (χ2v) is 5.58. The number of ether oxygens (including phenoxy) is 1. The molecule has 1 aromatic heterocycles. The molecule has 0 saturated carbocycles. The van der Waals surface area contributed by atoms with Crippen molar-refractivity contribution in [3.8, 4) is 0 Å². The highest BCUT2D eigenvalue weighted by molar-refractivity contribution is 6.39. The molecule has 0 unspecified atom stereocenters. The number of hydrogen-bond donors (Lipinski definition) is 3. The van der Waals surface area contributed by atoms with E-state index in [1.165, 1.54) is 13.3 Å². The predicted molar refractivity (Wildman–Crippen MR) is 86.9 cm³/mol. The number of carbonyl (C=O) groups is 3. The first kappa shape index (κ1) is 17.7. The zero-order chi connectivity index (χ0) is 17.7. The number of amides is 2. The van der Waals surface area contributed by atoms with Crippen LogP contribution in [0.5, 0.6) is 0 Å². The van der Waals surface area contributed by atoms with E-state index in [9.17, 15) is 14.4 Å². The maximum absolute atomic E-state index is 11.6. The summed E-state index contributed by atoms with van der Waals surface area (Å²) < 4.78 is 4.78. The molecular formula is C15H21N5O4. The summed E-state index contributed by atoms with van der Waals surface area (Å²) >= 11 is 0. The van der Waals surface area contributed by atoms with Crippen molar-refractivity contribution >= 4 is 29.3 Å². The fourth-order valence-electron chi connectivity index (χ4n) is 2.71. The number of pyridine rings is 1. The summed E-state index contributed by atoms with van der Waals surface area (Å²) in [4.78, 5) is 40.6. The summed E-state index contributed by atoms with van der Waals surface area (Å²) in [5, 5.41) is 2.42. The lowest BCUT2D eigenvalue weighted by Gasteiger charge is -2.32. The number of hydrazine groups is 1. The maximum atomic E-state index is 11.6. The van der Waals surface area contributed by atoms with Crippen molar-refractivity contribution in [3.05, 3.63) is 17.8 Å². The number of esters is 1. The van der Waals surface area contributed by atoms with Crippen molar-refractivity contribution in [3.63, 3.8) is 0 Å². The number of hydrogen-bond acceptors (Lipinski definition) is 7. The number of nitrogens with zero attached hydrogens (tertiary/aromatic N) is 2. The second kappa shape index (κ2) is 7.73. The molecule has 0 spiro atoms. The molecule has 0 atom stereocenters. The molecule has 1 aromatic rings. The van der Waals surface area contributed by atoms with Crippen LogP contribution in [-0.2, 0) is 19.1 Å². The van der Waals surface area contributed by atoms with Gasteiger partial charge in [0, 0.05) is 13.1 Å². The molecule has 24 heavy (non-hydrogen) atoms. The van der Waals surface area contributed by atoms with Crippen molar-refractivity contribution in [2.75, 3.05) is 30.4 Å². The molecule has 2 amide bonds. The molecule has 4 N–H and O–H groups in total. The standard InChI is InChI=1S/C15H21N5O4/c1-9-7-11(18-13(21)14(22)19-16)8-17-12(9)20-5-3-10(4-6-20)15(23)24-2/h7-8,10H,3-6,16H2,1-2H3,(H,18,21)(H,19,22). The van der Waals surface area contributed by atoms with E-state index in [4.69, 9.17) is 10.6 Å². The fourth-order valence-corrected chi connectivity index (χ4v) is 2.71. The van der Waals surface area contributed by atoms with Crippen LogP contribution in [0.15, 0.2) is 12.3 Å². The van der Waals surface area contributed by atoms with Gasteiger partial charge in [-0.3, -0.25) is 19.8 Å². The van der Waals surface area contributed by atoms with E-state index in [0.717, 1.165) is 11.4 Å². The number of aromatic nitrogens is 1. The maximum Gasteiger partial charge on any atom is 0.323 e. The van der Waals surface area contributed by atoms with Gasteiger partial charge in [-0.25, -0.2) is 10.8 Å². The van der Waals surface area contributed by atoms with Gasteiger partial charge in [0.25, 0.3) is 0 Å². The third-order valence-electron chi connectivity index (χ3n) is 3.97. The lowest BCUT2D eigenvalue weighted by Crippen LogP contribution is -2.39. The quantitative estimate of drug-likeness (QED) is 0.228. The van der Waals surface area contributed by atoms with E-state index < -0.39 is 11.8 Å². The Hall–Kier alpha value is -2.68.